The predicted molar refractivity (Wildman–Crippen MR) is 84.1 cm³/mol. The maximum absolute atomic E-state index is 14.1. The van der Waals surface area contributed by atoms with E-state index in [9.17, 15) is 4.39 Å². The summed E-state index contributed by atoms with van der Waals surface area (Å²) in [6.07, 6.45) is 0.917. The smallest absolute Gasteiger partial charge is 0.164 e. The number of fused-ring (bicyclic) bond motifs is 1. The van der Waals surface area contributed by atoms with Crippen molar-refractivity contribution in [2.75, 3.05) is 0 Å². The van der Waals surface area contributed by atoms with Crippen LogP contribution < -0.4 is 0 Å². The summed E-state index contributed by atoms with van der Waals surface area (Å²) in [4.78, 5) is 8.69. The van der Waals surface area contributed by atoms with E-state index in [4.69, 9.17) is 11.6 Å². The zero-order valence-corrected chi connectivity index (χ0v) is 12.6. The fourth-order valence-corrected chi connectivity index (χ4v) is 2.51. The van der Waals surface area contributed by atoms with E-state index in [1.54, 1.807) is 6.07 Å². The molecular weight excluding hydrogens is 287 g/mol. The first-order chi connectivity index (χ1) is 10.1. The fourth-order valence-electron chi connectivity index (χ4n) is 2.28. The van der Waals surface area contributed by atoms with Gasteiger partial charge in [-0.3, -0.25) is 0 Å². The Labute approximate surface area is 127 Å². The topological polar surface area (TPSA) is 25.8 Å². The Kier molecular flexibility index (Phi) is 3.60. The van der Waals surface area contributed by atoms with E-state index in [0.717, 1.165) is 22.9 Å². The van der Waals surface area contributed by atoms with Gasteiger partial charge in [0.15, 0.2) is 5.82 Å². The molecule has 0 saturated heterocycles. The zero-order chi connectivity index (χ0) is 15.0. The maximum Gasteiger partial charge on any atom is 0.164 e. The summed E-state index contributed by atoms with van der Waals surface area (Å²) >= 11 is 6.25. The van der Waals surface area contributed by atoms with Gasteiger partial charge >= 0.3 is 0 Å². The van der Waals surface area contributed by atoms with Crippen molar-refractivity contribution in [1.29, 1.82) is 0 Å². The van der Waals surface area contributed by atoms with Gasteiger partial charge in [-0.25, -0.2) is 14.4 Å². The third-order valence-electron chi connectivity index (χ3n) is 3.49. The molecule has 4 heteroatoms. The summed E-state index contributed by atoms with van der Waals surface area (Å²) in [5, 5.41) is 1.15. The van der Waals surface area contributed by atoms with Gasteiger partial charge in [0, 0.05) is 5.39 Å². The number of hydrogen-bond donors (Lipinski definition) is 0. The summed E-state index contributed by atoms with van der Waals surface area (Å²) in [6.45, 7) is 3.92. The Hall–Kier alpha value is -2.00. The van der Waals surface area contributed by atoms with Crippen LogP contribution in [0.3, 0.4) is 0 Å². The number of halogens is 2. The van der Waals surface area contributed by atoms with Crippen LogP contribution in [0.2, 0.25) is 5.15 Å². The first kappa shape index (κ1) is 14.0. The Balaban J connectivity index is 2.20. The van der Waals surface area contributed by atoms with Crippen molar-refractivity contribution in [2.45, 2.75) is 20.3 Å². The molecule has 0 atom stereocenters. The van der Waals surface area contributed by atoms with Crippen LogP contribution in [0.15, 0.2) is 36.4 Å². The third-order valence-corrected chi connectivity index (χ3v) is 3.78. The minimum atomic E-state index is -0.337. The molecule has 0 bridgehead atoms. The molecule has 0 radical (unpaired) electrons. The molecule has 1 heterocycles. The number of hydrogen-bond acceptors (Lipinski definition) is 2. The minimum absolute atomic E-state index is 0.314. The van der Waals surface area contributed by atoms with E-state index in [-0.39, 0.29) is 5.82 Å². The summed E-state index contributed by atoms with van der Waals surface area (Å²) < 4.78 is 14.1. The van der Waals surface area contributed by atoms with E-state index >= 15 is 0 Å². The largest absolute Gasteiger partial charge is 0.228 e. The second-order valence-electron chi connectivity index (χ2n) is 5.03. The quantitative estimate of drug-likeness (QED) is 0.625. The lowest BCUT2D eigenvalue weighted by Gasteiger charge is -2.07. The van der Waals surface area contributed by atoms with Gasteiger partial charge in [0.1, 0.15) is 11.0 Å². The van der Waals surface area contributed by atoms with Crippen LogP contribution in [0.1, 0.15) is 18.1 Å². The van der Waals surface area contributed by atoms with Crippen LogP contribution in [-0.2, 0) is 6.42 Å². The van der Waals surface area contributed by atoms with E-state index in [2.05, 4.69) is 16.9 Å². The van der Waals surface area contributed by atoms with Gasteiger partial charge in [0.05, 0.1) is 11.1 Å². The first-order valence-corrected chi connectivity index (χ1v) is 7.19. The molecule has 0 aliphatic heterocycles. The Bertz CT molecular complexity index is 830. The summed E-state index contributed by atoms with van der Waals surface area (Å²) in [5.74, 6) is -0.0233. The van der Waals surface area contributed by atoms with Crippen molar-refractivity contribution >= 4 is 22.5 Å². The van der Waals surface area contributed by atoms with Gasteiger partial charge in [-0.1, -0.05) is 30.7 Å². The number of aryl methyl sites for hydroxylation is 2. The lowest BCUT2D eigenvalue weighted by molar-refractivity contribution is 0.629. The molecule has 106 valence electrons. The molecule has 0 saturated carbocycles. The fraction of sp³-hybridized carbons (Fsp3) is 0.176. The molecule has 0 unspecified atom stereocenters. The van der Waals surface area contributed by atoms with Crippen LogP contribution in [0, 0.1) is 12.7 Å². The second-order valence-corrected chi connectivity index (χ2v) is 5.38. The van der Waals surface area contributed by atoms with E-state index < -0.39 is 0 Å². The van der Waals surface area contributed by atoms with Gasteiger partial charge in [0.2, 0.25) is 0 Å². The zero-order valence-electron chi connectivity index (χ0n) is 11.8. The van der Waals surface area contributed by atoms with Crippen LogP contribution in [0.5, 0.6) is 0 Å². The average Bonchev–Trinajstić information content (AvgIpc) is 2.47. The summed E-state index contributed by atoms with van der Waals surface area (Å²) in [7, 11) is 0. The highest BCUT2D eigenvalue weighted by atomic mass is 35.5. The molecule has 3 rings (SSSR count). The van der Waals surface area contributed by atoms with Crippen molar-refractivity contribution in [2.24, 2.45) is 0 Å². The van der Waals surface area contributed by atoms with Gasteiger partial charge in [-0.2, -0.15) is 0 Å². The highest BCUT2D eigenvalue weighted by Crippen LogP contribution is 2.27. The van der Waals surface area contributed by atoms with Crippen molar-refractivity contribution in [3.05, 3.63) is 58.5 Å². The number of benzene rings is 2. The average molecular weight is 301 g/mol. The molecule has 2 aromatic carbocycles. The molecule has 0 fully saturated rings. The lowest BCUT2D eigenvalue weighted by Crippen LogP contribution is -1.95. The molecule has 0 aliphatic rings. The number of nitrogens with zero attached hydrogens (tertiary/aromatic N) is 2. The van der Waals surface area contributed by atoms with Gasteiger partial charge in [-0.05, 0) is 48.7 Å². The van der Waals surface area contributed by atoms with Crippen LogP contribution in [0.4, 0.5) is 4.39 Å². The van der Waals surface area contributed by atoms with Crippen molar-refractivity contribution in [3.63, 3.8) is 0 Å². The van der Waals surface area contributed by atoms with Gasteiger partial charge in [-0.15, -0.1) is 0 Å². The SMILES string of the molecule is CCc1ccc2nc(-c3ccc(C)cc3F)nc(Cl)c2c1. The highest BCUT2D eigenvalue weighted by Gasteiger charge is 2.12. The number of rotatable bonds is 2. The van der Waals surface area contributed by atoms with Gasteiger partial charge < -0.3 is 0 Å². The standard InChI is InChI=1S/C17H14ClFN2/c1-3-11-5-7-15-13(9-11)16(18)21-17(20-15)12-6-4-10(2)8-14(12)19/h4-9H,3H2,1-2H3. The lowest BCUT2D eigenvalue weighted by atomic mass is 10.1. The highest BCUT2D eigenvalue weighted by molar-refractivity contribution is 6.34. The Morgan fingerprint density at radius 3 is 2.62 bits per heavy atom. The molecule has 3 aromatic rings. The summed E-state index contributed by atoms with van der Waals surface area (Å²) in [6, 6.07) is 10.9. The summed E-state index contributed by atoms with van der Waals surface area (Å²) in [5.41, 5.74) is 3.11. The molecule has 0 amide bonds. The van der Waals surface area contributed by atoms with Crippen LogP contribution in [0.25, 0.3) is 22.3 Å². The van der Waals surface area contributed by atoms with E-state index in [1.165, 1.54) is 11.6 Å². The van der Waals surface area contributed by atoms with Crippen LogP contribution in [-0.4, -0.2) is 9.97 Å². The maximum atomic E-state index is 14.1. The normalized spacial score (nSPS) is 11.0. The van der Waals surface area contributed by atoms with Crippen molar-refractivity contribution in [1.82, 2.24) is 9.97 Å². The molecule has 0 spiro atoms. The Morgan fingerprint density at radius 2 is 1.90 bits per heavy atom. The molecule has 0 aliphatic carbocycles. The van der Waals surface area contributed by atoms with Crippen LogP contribution >= 0.6 is 11.6 Å². The van der Waals surface area contributed by atoms with E-state index in [0.29, 0.717) is 16.5 Å². The molecule has 0 N–H and O–H groups in total. The molecular formula is C17H14ClFN2. The van der Waals surface area contributed by atoms with Gasteiger partial charge in [0.25, 0.3) is 0 Å². The molecule has 1 aromatic heterocycles. The minimum Gasteiger partial charge on any atom is -0.228 e. The first-order valence-electron chi connectivity index (χ1n) is 6.81. The predicted octanol–water partition coefficient (Wildman–Crippen LogP) is 4.96. The Morgan fingerprint density at radius 1 is 1.10 bits per heavy atom. The van der Waals surface area contributed by atoms with E-state index in [1.807, 2.05) is 31.2 Å². The monoisotopic (exact) mass is 300 g/mol. The molecule has 21 heavy (non-hydrogen) atoms. The molecule has 2 nitrogen and oxygen atoms in total. The van der Waals surface area contributed by atoms with Crippen molar-refractivity contribution in [3.8, 4) is 11.4 Å². The third kappa shape index (κ3) is 2.61. The second kappa shape index (κ2) is 5.41. The number of aromatic nitrogens is 2. The van der Waals surface area contributed by atoms with Crippen molar-refractivity contribution < 1.29 is 4.39 Å².